The molecule has 0 aliphatic rings. The summed E-state index contributed by atoms with van der Waals surface area (Å²) in [6, 6.07) is 0. The van der Waals surface area contributed by atoms with Crippen LogP contribution in [0.15, 0.2) is 0 Å². The van der Waals surface area contributed by atoms with Crippen LogP contribution < -0.4 is 5.32 Å². The maximum absolute atomic E-state index is 11.7. The number of esters is 1. The largest absolute Gasteiger partial charge is 0.465 e. The van der Waals surface area contributed by atoms with Gasteiger partial charge in [0.15, 0.2) is 0 Å². The number of nitrogens with one attached hydrogen (secondary N) is 1. The van der Waals surface area contributed by atoms with Crippen molar-refractivity contribution in [3.05, 3.63) is 17.1 Å². The second-order valence-corrected chi connectivity index (χ2v) is 3.70. The fraction of sp³-hybridized carbons (Fsp3) is 0.583. The van der Waals surface area contributed by atoms with Crippen molar-refractivity contribution in [1.82, 2.24) is 9.97 Å². The first-order valence-electron chi connectivity index (χ1n) is 5.85. The Bertz CT molecular complexity index is 421. The summed E-state index contributed by atoms with van der Waals surface area (Å²) in [5, 5.41) is 3.07. The van der Waals surface area contributed by atoms with Gasteiger partial charge in [0.1, 0.15) is 17.2 Å². The highest BCUT2D eigenvalue weighted by atomic mass is 16.5. The van der Waals surface area contributed by atoms with E-state index >= 15 is 0 Å². The summed E-state index contributed by atoms with van der Waals surface area (Å²) in [5.41, 5.74) is 0.979. The smallest absolute Gasteiger partial charge is 0.343 e. The molecule has 1 heterocycles. The Labute approximate surface area is 107 Å². The number of hydrogen-bond donors (Lipinski definition) is 1. The maximum Gasteiger partial charge on any atom is 0.343 e. The van der Waals surface area contributed by atoms with Crippen molar-refractivity contribution in [2.24, 2.45) is 0 Å². The van der Waals surface area contributed by atoms with Crippen LogP contribution >= 0.6 is 0 Å². The first kappa shape index (κ1) is 14.4. The lowest BCUT2D eigenvalue weighted by Crippen LogP contribution is -2.17. The molecule has 0 aliphatic carbocycles. The number of aromatic nitrogens is 2. The number of methoxy groups -OCH3 is 1. The molecule has 0 radical (unpaired) electrons. The molecule has 0 fully saturated rings. The zero-order chi connectivity index (χ0) is 13.5. The van der Waals surface area contributed by atoms with Gasteiger partial charge in [0, 0.05) is 13.2 Å². The third-order valence-corrected chi connectivity index (χ3v) is 2.33. The molecule has 0 saturated carbocycles. The van der Waals surface area contributed by atoms with Gasteiger partial charge in [-0.25, -0.2) is 14.8 Å². The highest BCUT2D eigenvalue weighted by Gasteiger charge is 2.18. The molecule has 6 heteroatoms. The van der Waals surface area contributed by atoms with E-state index in [9.17, 15) is 4.79 Å². The maximum atomic E-state index is 11.7. The molecule has 0 spiro atoms. The number of carbonyl (C=O) groups is 1. The topological polar surface area (TPSA) is 73.3 Å². The molecule has 1 aromatic rings. The number of ether oxygens (including phenoxy) is 2. The van der Waals surface area contributed by atoms with E-state index in [1.807, 2.05) is 6.92 Å². The van der Waals surface area contributed by atoms with E-state index in [0.29, 0.717) is 42.7 Å². The van der Waals surface area contributed by atoms with Gasteiger partial charge in [0.05, 0.1) is 19.4 Å². The van der Waals surface area contributed by atoms with Gasteiger partial charge in [-0.1, -0.05) is 0 Å². The average molecular weight is 253 g/mol. The van der Waals surface area contributed by atoms with Gasteiger partial charge in [0.25, 0.3) is 0 Å². The average Bonchev–Trinajstić information content (AvgIpc) is 2.33. The normalized spacial score (nSPS) is 10.2. The summed E-state index contributed by atoms with van der Waals surface area (Å²) in [4.78, 5) is 20.1. The Morgan fingerprint density at radius 1 is 1.33 bits per heavy atom. The first-order chi connectivity index (χ1) is 8.60. The van der Waals surface area contributed by atoms with Gasteiger partial charge in [0.2, 0.25) is 0 Å². The molecular formula is C12H19N3O3. The lowest BCUT2D eigenvalue weighted by molar-refractivity contribution is 0.0600. The van der Waals surface area contributed by atoms with Crippen molar-refractivity contribution >= 4 is 11.8 Å². The van der Waals surface area contributed by atoms with Crippen molar-refractivity contribution in [3.63, 3.8) is 0 Å². The Balaban J connectivity index is 2.89. The van der Waals surface area contributed by atoms with Crippen molar-refractivity contribution in [1.29, 1.82) is 0 Å². The summed E-state index contributed by atoms with van der Waals surface area (Å²) >= 11 is 0. The monoisotopic (exact) mass is 253 g/mol. The minimum atomic E-state index is -0.439. The highest BCUT2D eigenvalue weighted by Crippen LogP contribution is 2.17. The molecule has 0 unspecified atom stereocenters. The minimum Gasteiger partial charge on any atom is -0.465 e. The highest BCUT2D eigenvalue weighted by molar-refractivity contribution is 5.95. The molecule has 6 nitrogen and oxygen atoms in total. The molecule has 0 bridgehead atoms. The summed E-state index contributed by atoms with van der Waals surface area (Å²) in [7, 11) is 1.34. The predicted molar refractivity (Wildman–Crippen MR) is 67.8 cm³/mol. The lowest BCUT2D eigenvalue weighted by atomic mass is 10.2. The zero-order valence-corrected chi connectivity index (χ0v) is 11.2. The van der Waals surface area contributed by atoms with Crippen molar-refractivity contribution in [3.8, 4) is 0 Å². The second-order valence-electron chi connectivity index (χ2n) is 3.70. The number of carbonyl (C=O) groups excluding carboxylic acids is 1. The van der Waals surface area contributed by atoms with Gasteiger partial charge in [-0.3, -0.25) is 0 Å². The SMILES string of the molecule is CCOCCNc1nc(C)nc(C)c1C(=O)OC. The van der Waals surface area contributed by atoms with Crippen LogP contribution in [-0.2, 0) is 9.47 Å². The molecule has 1 rings (SSSR count). The van der Waals surface area contributed by atoms with E-state index in [1.165, 1.54) is 7.11 Å². The Morgan fingerprint density at radius 2 is 2.06 bits per heavy atom. The van der Waals surface area contributed by atoms with Crippen LogP contribution in [0.3, 0.4) is 0 Å². The van der Waals surface area contributed by atoms with Gasteiger partial charge in [-0.15, -0.1) is 0 Å². The van der Waals surface area contributed by atoms with E-state index in [4.69, 9.17) is 9.47 Å². The third-order valence-electron chi connectivity index (χ3n) is 2.33. The molecule has 0 aromatic carbocycles. The number of anilines is 1. The van der Waals surface area contributed by atoms with Crippen LogP contribution in [0.25, 0.3) is 0 Å². The molecule has 0 amide bonds. The predicted octanol–water partition coefficient (Wildman–Crippen LogP) is 1.33. The van der Waals surface area contributed by atoms with Gasteiger partial charge in [-0.05, 0) is 20.8 Å². The molecule has 0 saturated heterocycles. The standard InChI is InChI=1S/C12H19N3O3/c1-5-18-7-6-13-11-10(12(16)17-4)8(2)14-9(3)15-11/h5-7H2,1-4H3,(H,13,14,15). The number of hydrogen-bond acceptors (Lipinski definition) is 6. The van der Waals surface area contributed by atoms with Gasteiger partial charge < -0.3 is 14.8 Å². The number of nitrogens with zero attached hydrogens (tertiary/aromatic N) is 2. The minimum absolute atomic E-state index is 0.375. The van der Waals surface area contributed by atoms with Crippen LogP contribution in [0.5, 0.6) is 0 Å². The second kappa shape index (κ2) is 6.90. The Morgan fingerprint density at radius 3 is 2.67 bits per heavy atom. The molecule has 100 valence electrons. The molecule has 18 heavy (non-hydrogen) atoms. The van der Waals surface area contributed by atoms with Crippen LogP contribution in [0.4, 0.5) is 5.82 Å². The summed E-state index contributed by atoms with van der Waals surface area (Å²) in [5.74, 6) is 0.664. The van der Waals surface area contributed by atoms with E-state index in [1.54, 1.807) is 13.8 Å². The van der Waals surface area contributed by atoms with Crippen LogP contribution in [-0.4, -0.2) is 42.8 Å². The molecule has 1 aromatic heterocycles. The third kappa shape index (κ3) is 3.66. The summed E-state index contributed by atoms with van der Waals surface area (Å²) in [6.45, 7) is 7.26. The number of rotatable bonds is 6. The van der Waals surface area contributed by atoms with Crippen LogP contribution in [0.2, 0.25) is 0 Å². The molecule has 1 N–H and O–H groups in total. The summed E-state index contributed by atoms with van der Waals surface area (Å²) < 4.78 is 9.96. The molecule has 0 aliphatic heterocycles. The quantitative estimate of drug-likeness (QED) is 0.609. The lowest BCUT2D eigenvalue weighted by Gasteiger charge is -2.12. The van der Waals surface area contributed by atoms with Crippen LogP contribution in [0, 0.1) is 13.8 Å². The van der Waals surface area contributed by atoms with Crippen molar-refractivity contribution in [2.75, 3.05) is 32.2 Å². The van der Waals surface area contributed by atoms with Crippen molar-refractivity contribution in [2.45, 2.75) is 20.8 Å². The van der Waals surface area contributed by atoms with Crippen molar-refractivity contribution < 1.29 is 14.3 Å². The molecular weight excluding hydrogens is 234 g/mol. The number of aryl methyl sites for hydroxylation is 2. The van der Waals surface area contributed by atoms with Gasteiger partial charge >= 0.3 is 5.97 Å². The fourth-order valence-electron chi connectivity index (χ4n) is 1.57. The molecule has 0 atom stereocenters. The summed E-state index contributed by atoms with van der Waals surface area (Å²) in [6.07, 6.45) is 0. The van der Waals surface area contributed by atoms with Gasteiger partial charge in [-0.2, -0.15) is 0 Å². The van der Waals surface area contributed by atoms with E-state index in [2.05, 4.69) is 15.3 Å². The van der Waals surface area contributed by atoms with E-state index < -0.39 is 5.97 Å². The Kier molecular flexibility index (Phi) is 5.51. The first-order valence-corrected chi connectivity index (χ1v) is 5.85. The van der Waals surface area contributed by atoms with E-state index in [-0.39, 0.29) is 0 Å². The zero-order valence-electron chi connectivity index (χ0n) is 11.2. The van der Waals surface area contributed by atoms with Crippen LogP contribution in [0.1, 0.15) is 28.8 Å². The fourth-order valence-corrected chi connectivity index (χ4v) is 1.57. The Hall–Kier alpha value is -1.69. The van der Waals surface area contributed by atoms with E-state index in [0.717, 1.165) is 0 Å².